The third kappa shape index (κ3) is 3.71. The van der Waals surface area contributed by atoms with Crippen LogP contribution in [-0.4, -0.2) is 33.7 Å². The van der Waals surface area contributed by atoms with Gasteiger partial charge in [0, 0.05) is 24.0 Å². The zero-order chi connectivity index (χ0) is 16.1. The van der Waals surface area contributed by atoms with Crippen LogP contribution >= 0.6 is 23.2 Å². The van der Waals surface area contributed by atoms with E-state index in [-0.39, 0.29) is 5.17 Å². The molecule has 0 bridgehead atoms. The second-order valence-electron chi connectivity index (χ2n) is 5.01. The molecule has 0 aromatic heterocycles. The molecule has 114 valence electrons. The first-order chi connectivity index (χ1) is 10.5. The van der Waals surface area contributed by atoms with Gasteiger partial charge in [-0.1, -0.05) is 48.0 Å². The summed E-state index contributed by atoms with van der Waals surface area (Å²) < 4.78 is 2.49. The van der Waals surface area contributed by atoms with E-state index in [1.54, 1.807) is 5.01 Å². The summed E-state index contributed by atoms with van der Waals surface area (Å²) in [5, 5.41) is 13.9. The van der Waals surface area contributed by atoms with Crippen LogP contribution in [0.1, 0.15) is 5.56 Å². The molecule has 0 amide bonds. The van der Waals surface area contributed by atoms with Gasteiger partial charge in [-0.15, -0.1) is 0 Å². The summed E-state index contributed by atoms with van der Waals surface area (Å²) in [7, 11) is 4.73. The molecular weight excluding hydrogens is 312 g/mol. The van der Waals surface area contributed by atoms with Crippen molar-refractivity contribution in [2.75, 3.05) is 19.1 Å². The first-order valence-corrected chi connectivity index (χ1v) is 8.00. The summed E-state index contributed by atoms with van der Waals surface area (Å²) >= 11 is 4.71. The lowest BCUT2D eigenvalue weighted by atomic mass is 10.0. The topological polar surface area (TPSA) is 26.7 Å². The fourth-order valence-corrected chi connectivity index (χ4v) is 2.93. The number of hydrazine groups is 1. The molecule has 0 radical (unpaired) electrons. The van der Waals surface area contributed by atoms with Crippen LogP contribution in [0.2, 0.25) is 0 Å². The van der Waals surface area contributed by atoms with Gasteiger partial charge < -0.3 is 5.11 Å². The third-order valence-corrected chi connectivity index (χ3v) is 3.86. The van der Waals surface area contributed by atoms with Crippen LogP contribution in [0.5, 0.6) is 0 Å². The van der Waals surface area contributed by atoms with E-state index < -0.39 is 0 Å². The molecule has 0 aliphatic carbocycles. The minimum atomic E-state index is 0.0695. The number of benzene rings is 2. The molecule has 0 unspecified atom stereocenters. The van der Waals surface area contributed by atoms with Crippen molar-refractivity contribution >= 4 is 38.3 Å². The lowest BCUT2D eigenvalue weighted by Gasteiger charge is -2.30. The number of rotatable bonds is 3. The zero-order valence-electron chi connectivity index (χ0n) is 12.8. The second-order valence-corrected chi connectivity index (χ2v) is 6.25. The fourth-order valence-electron chi connectivity index (χ4n) is 2.29. The highest BCUT2D eigenvalue weighted by molar-refractivity contribution is 8.04. The molecule has 0 saturated carbocycles. The Balaban J connectivity index is 2.65. The van der Waals surface area contributed by atoms with Gasteiger partial charge in [-0.2, -0.15) is 0 Å². The molecule has 0 atom stereocenters. The lowest BCUT2D eigenvalue weighted by molar-refractivity contribution is 0.393. The number of hydrogen-bond donors (Lipinski definition) is 1. The van der Waals surface area contributed by atoms with Gasteiger partial charge in [0.15, 0.2) is 0 Å². The predicted octanol–water partition coefficient (Wildman–Crippen LogP) is 4.16. The predicted molar refractivity (Wildman–Crippen MR) is 101 cm³/mol. The van der Waals surface area contributed by atoms with Crippen molar-refractivity contribution in [3.05, 3.63) is 54.1 Å². The summed E-state index contributed by atoms with van der Waals surface area (Å²) in [4.78, 5) is 0. The van der Waals surface area contributed by atoms with Crippen LogP contribution in [-0.2, 0) is 0 Å². The van der Waals surface area contributed by atoms with Crippen LogP contribution in [0.4, 0.5) is 5.69 Å². The first-order valence-electron chi connectivity index (χ1n) is 6.78. The van der Waals surface area contributed by atoms with Gasteiger partial charge in [-0.3, -0.25) is 0 Å². The number of nitrogens with zero attached hydrogens (tertiary/aromatic N) is 2. The molecule has 0 aliphatic rings. The summed E-state index contributed by atoms with van der Waals surface area (Å²) in [6.45, 7) is 2.07. The smallest absolute Gasteiger partial charge is 0.227 e. The fraction of sp³-hybridized carbons (Fsp3) is 0.176. The second kappa shape index (κ2) is 7.49. The highest BCUT2D eigenvalue weighted by atomic mass is 32.1. The summed E-state index contributed by atoms with van der Waals surface area (Å²) in [6, 6.07) is 16.2. The Morgan fingerprint density at radius 3 is 2.50 bits per heavy atom. The van der Waals surface area contributed by atoms with Gasteiger partial charge in [-0.05, 0) is 41.7 Å². The number of thiocarbonyl (C=S) groups is 1. The Labute approximate surface area is 139 Å². The Hall–Kier alpha value is -1.75. The number of hydrogen-bond acceptors (Lipinski definition) is 2. The van der Waals surface area contributed by atoms with E-state index in [4.69, 9.17) is 12.2 Å². The van der Waals surface area contributed by atoms with Crippen molar-refractivity contribution in [2.24, 2.45) is 0 Å². The average molecular weight is 330 g/mol. The maximum Gasteiger partial charge on any atom is 0.227 e. The maximum absolute atomic E-state index is 10.3. The van der Waals surface area contributed by atoms with Crippen LogP contribution in [0.25, 0.3) is 11.1 Å². The van der Waals surface area contributed by atoms with Crippen LogP contribution < -0.4 is 5.01 Å². The summed E-state index contributed by atoms with van der Waals surface area (Å²) in [5.74, 6) is 0. The van der Waals surface area contributed by atoms with E-state index in [0.29, 0.717) is 0 Å². The Kier molecular flexibility index (Phi) is 5.66. The molecule has 2 aromatic rings. The largest absolute Gasteiger partial charge is 0.337 e. The van der Waals surface area contributed by atoms with Crippen molar-refractivity contribution in [2.45, 2.75) is 6.92 Å². The molecule has 22 heavy (non-hydrogen) atoms. The van der Waals surface area contributed by atoms with Crippen LogP contribution in [0.15, 0.2) is 48.5 Å². The number of aliphatic hydroxyl groups is 1. The van der Waals surface area contributed by atoms with E-state index in [1.165, 1.54) is 5.56 Å². The molecule has 0 fully saturated rings. The van der Waals surface area contributed by atoms with Crippen molar-refractivity contribution in [3.8, 4) is 11.1 Å². The number of anilines is 1. The minimum Gasteiger partial charge on any atom is -0.337 e. The van der Waals surface area contributed by atoms with E-state index in [2.05, 4.69) is 29.4 Å². The van der Waals surface area contributed by atoms with Gasteiger partial charge in [0.25, 0.3) is 0 Å². The number of para-hydroxylation sites is 1. The van der Waals surface area contributed by atoms with E-state index >= 15 is 0 Å². The number of aliphatic hydroxyl groups excluding tert-OH is 1. The minimum absolute atomic E-state index is 0.0695. The zero-order valence-corrected chi connectivity index (χ0v) is 14.4. The van der Waals surface area contributed by atoms with Gasteiger partial charge in [0.1, 0.15) is 0 Å². The van der Waals surface area contributed by atoms with E-state index in [9.17, 15) is 5.11 Å². The summed E-state index contributed by atoms with van der Waals surface area (Å²) in [5.41, 5.74) is 4.22. The molecule has 0 heterocycles. The quantitative estimate of drug-likeness (QED) is 0.675. The van der Waals surface area contributed by atoms with Crippen molar-refractivity contribution in [1.82, 2.24) is 5.01 Å². The van der Waals surface area contributed by atoms with Crippen molar-refractivity contribution in [3.63, 3.8) is 0 Å². The Morgan fingerprint density at radius 1 is 1.14 bits per heavy atom. The third-order valence-electron chi connectivity index (χ3n) is 3.18. The molecule has 0 spiro atoms. The molecule has 2 aromatic carbocycles. The van der Waals surface area contributed by atoms with E-state index in [0.717, 1.165) is 27.8 Å². The molecule has 1 N–H and O–H groups in total. The molecular formula is C17H18N2OS2. The van der Waals surface area contributed by atoms with E-state index in [1.807, 2.05) is 49.4 Å². The SMILES string of the molecule is Cc1cccc(-c2ccccc2N(C(O)=S=C=S)N(C)C)c1. The maximum atomic E-state index is 10.3. The normalized spacial score (nSPS) is 10.2. The highest BCUT2D eigenvalue weighted by Crippen LogP contribution is 2.31. The molecule has 2 rings (SSSR count). The Morgan fingerprint density at radius 2 is 1.86 bits per heavy atom. The van der Waals surface area contributed by atoms with Crippen molar-refractivity contribution < 1.29 is 5.11 Å². The highest BCUT2D eigenvalue weighted by Gasteiger charge is 2.17. The number of aryl methyl sites for hydroxylation is 1. The lowest BCUT2D eigenvalue weighted by Crippen LogP contribution is -2.41. The summed E-state index contributed by atoms with van der Waals surface area (Å²) in [6.07, 6.45) is 0. The monoisotopic (exact) mass is 330 g/mol. The molecule has 0 saturated heterocycles. The van der Waals surface area contributed by atoms with Crippen LogP contribution in [0, 0.1) is 6.92 Å². The first kappa shape index (κ1) is 16.6. The van der Waals surface area contributed by atoms with Gasteiger partial charge >= 0.3 is 0 Å². The van der Waals surface area contributed by atoms with Gasteiger partial charge in [-0.25, -0.2) is 10.0 Å². The molecule has 5 heteroatoms. The van der Waals surface area contributed by atoms with Crippen molar-refractivity contribution in [1.29, 1.82) is 0 Å². The molecule has 0 aliphatic heterocycles. The Bertz CT molecular complexity index is 761. The van der Waals surface area contributed by atoms with Gasteiger partial charge in [0.2, 0.25) is 5.17 Å². The standard InChI is InChI=1S/C17H18N2OS2/c1-13-7-6-8-14(11-13)15-9-4-5-10-16(15)19(18(2)3)17(20)22-12-21/h4-11,20H,1-3H3. The van der Waals surface area contributed by atoms with Crippen LogP contribution in [0.3, 0.4) is 0 Å². The average Bonchev–Trinajstić information content (AvgIpc) is 2.48. The molecule has 3 nitrogen and oxygen atoms in total. The van der Waals surface area contributed by atoms with Gasteiger partial charge in [0.05, 0.1) is 5.69 Å².